The SMILES string of the molecule is COC(=O)c1cc(N(C)c2ccc(OC)cc2)ccc1N. The second-order valence-electron chi connectivity index (χ2n) is 4.52. The van der Waals surface area contributed by atoms with E-state index < -0.39 is 5.97 Å². The maximum absolute atomic E-state index is 11.7. The molecule has 0 bridgehead atoms. The highest BCUT2D eigenvalue weighted by Gasteiger charge is 2.13. The molecule has 0 aromatic heterocycles. The molecule has 0 unspecified atom stereocenters. The van der Waals surface area contributed by atoms with Gasteiger partial charge in [0.2, 0.25) is 0 Å². The van der Waals surface area contributed by atoms with Crippen molar-refractivity contribution in [3.63, 3.8) is 0 Å². The molecule has 0 spiro atoms. The van der Waals surface area contributed by atoms with E-state index in [-0.39, 0.29) is 0 Å². The van der Waals surface area contributed by atoms with E-state index in [1.54, 1.807) is 19.2 Å². The third-order valence-corrected chi connectivity index (χ3v) is 3.29. The molecule has 0 amide bonds. The Morgan fingerprint density at radius 1 is 1.05 bits per heavy atom. The quantitative estimate of drug-likeness (QED) is 0.691. The van der Waals surface area contributed by atoms with Crippen molar-refractivity contribution < 1.29 is 14.3 Å². The number of nitrogen functional groups attached to an aromatic ring is 1. The summed E-state index contributed by atoms with van der Waals surface area (Å²) in [5, 5.41) is 0. The van der Waals surface area contributed by atoms with Crippen LogP contribution in [0.3, 0.4) is 0 Å². The molecule has 21 heavy (non-hydrogen) atoms. The van der Waals surface area contributed by atoms with Crippen LogP contribution in [0.1, 0.15) is 10.4 Å². The van der Waals surface area contributed by atoms with Crippen molar-refractivity contribution in [1.29, 1.82) is 0 Å². The Morgan fingerprint density at radius 2 is 1.67 bits per heavy atom. The van der Waals surface area contributed by atoms with E-state index in [2.05, 4.69) is 0 Å². The van der Waals surface area contributed by atoms with E-state index in [0.29, 0.717) is 11.3 Å². The Morgan fingerprint density at radius 3 is 2.24 bits per heavy atom. The highest BCUT2D eigenvalue weighted by atomic mass is 16.5. The van der Waals surface area contributed by atoms with Gasteiger partial charge in [0.15, 0.2) is 0 Å². The van der Waals surface area contributed by atoms with Crippen LogP contribution in [0.2, 0.25) is 0 Å². The topological polar surface area (TPSA) is 64.8 Å². The van der Waals surface area contributed by atoms with Gasteiger partial charge >= 0.3 is 5.97 Å². The van der Waals surface area contributed by atoms with E-state index in [0.717, 1.165) is 17.1 Å². The highest BCUT2D eigenvalue weighted by Crippen LogP contribution is 2.28. The first-order valence-electron chi connectivity index (χ1n) is 6.42. The summed E-state index contributed by atoms with van der Waals surface area (Å²) in [5.41, 5.74) is 8.37. The van der Waals surface area contributed by atoms with Crippen molar-refractivity contribution in [2.45, 2.75) is 0 Å². The lowest BCUT2D eigenvalue weighted by atomic mass is 10.1. The number of hydrogen-bond acceptors (Lipinski definition) is 5. The maximum atomic E-state index is 11.7. The normalized spacial score (nSPS) is 10.0. The number of esters is 1. The van der Waals surface area contributed by atoms with Crippen molar-refractivity contribution in [1.82, 2.24) is 0 Å². The Labute approximate surface area is 123 Å². The molecule has 5 nitrogen and oxygen atoms in total. The number of benzene rings is 2. The van der Waals surface area contributed by atoms with Crippen LogP contribution < -0.4 is 15.4 Å². The molecular formula is C16H18N2O3. The van der Waals surface area contributed by atoms with Crippen LogP contribution in [-0.2, 0) is 4.74 Å². The molecule has 0 fully saturated rings. The molecule has 2 aromatic carbocycles. The van der Waals surface area contributed by atoms with Gasteiger partial charge < -0.3 is 20.1 Å². The zero-order valence-corrected chi connectivity index (χ0v) is 12.3. The second-order valence-corrected chi connectivity index (χ2v) is 4.52. The lowest BCUT2D eigenvalue weighted by molar-refractivity contribution is 0.0602. The smallest absolute Gasteiger partial charge is 0.340 e. The number of rotatable bonds is 4. The van der Waals surface area contributed by atoms with E-state index in [1.165, 1.54) is 7.11 Å². The minimum atomic E-state index is -0.447. The fourth-order valence-corrected chi connectivity index (χ4v) is 1.99. The number of anilines is 3. The average Bonchev–Trinajstić information content (AvgIpc) is 2.54. The summed E-state index contributed by atoms with van der Waals surface area (Å²) in [5.74, 6) is 0.345. The van der Waals surface area contributed by atoms with Crippen LogP contribution in [0.5, 0.6) is 5.75 Å². The largest absolute Gasteiger partial charge is 0.497 e. The van der Waals surface area contributed by atoms with E-state index in [1.807, 2.05) is 42.3 Å². The fourth-order valence-electron chi connectivity index (χ4n) is 1.99. The summed E-state index contributed by atoms with van der Waals surface area (Å²) in [6.07, 6.45) is 0. The van der Waals surface area contributed by atoms with Gasteiger partial charge in [0, 0.05) is 24.1 Å². The molecule has 0 radical (unpaired) electrons. The molecular weight excluding hydrogens is 268 g/mol. The molecule has 2 N–H and O–H groups in total. The summed E-state index contributed by atoms with van der Waals surface area (Å²) in [6.45, 7) is 0. The van der Waals surface area contributed by atoms with Crippen molar-refractivity contribution in [2.24, 2.45) is 0 Å². The van der Waals surface area contributed by atoms with Gasteiger partial charge in [0.1, 0.15) is 5.75 Å². The Kier molecular flexibility index (Phi) is 4.33. The molecule has 2 rings (SSSR count). The van der Waals surface area contributed by atoms with Gasteiger partial charge in [0.25, 0.3) is 0 Å². The number of ether oxygens (including phenoxy) is 2. The van der Waals surface area contributed by atoms with Crippen molar-refractivity contribution in [2.75, 3.05) is 31.9 Å². The summed E-state index contributed by atoms with van der Waals surface area (Å²) in [7, 11) is 4.87. The minimum absolute atomic E-state index is 0.357. The van der Waals surface area contributed by atoms with Crippen molar-refractivity contribution in [3.8, 4) is 5.75 Å². The number of nitrogens with zero attached hydrogens (tertiary/aromatic N) is 1. The summed E-state index contributed by atoms with van der Waals surface area (Å²) in [4.78, 5) is 13.6. The fraction of sp³-hybridized carbons (Fsp3) is 0.188. The first-order valence-corrected chi connectivity index (χ1v) is 6.42. The van der Waals surface area contributed by atoms with Crippen LogP contribution >= 0.6 is 0 Å². The summed E-state index contributed by atoms with van der Waals surface area (Å²) >= 11 is 0. The molecule has 0 saturated carbocycles. The van der Waals surface area contributed by atoms with Crippen molar-refractivity contribution >= 4 is 23.0 Å². The Balaban J connectivity index is 2.34. The predicted octanol–water partition coefficient (Wildman–Crippen LogP) is 2.83. The number of carbonyl (C=O) groups excluding carboxylic acids is 1. The van der Waals surface area contributed by atoms with Gasteiger partial charge in [-0.15, -0.1) is 0 Å². The van der Waals surface area contributed by atoms with Gasteiger partial charge in [-0.25, -0.2) is 4.79 Å². The Hall–Kier alpha value is -2.69. The first kappa shape index (κ1) is 14.7. The zero-order chi connectivity index (χ0) is 15.4. The van der Waals surface area contributed by atoms with E-state index in [4.69, 9.17) is 15.2 Å². The number of carbonyl (C=O) groups is 1. The van der Waals surface area contributed by atoms with Gasteiger partial charge in [-0.3, -0.25) is 0 Å². The van der Waals surface area contributed by atoms with Crippen LogP contribution in [0.4, 0.5) is 17.1 Å². The molecule has 110 valence electrons. The molecule has 0 saturated heterocycles. The molecule has 2 aromatic rings. The summed E-state index contributed by atoms with van der Waals surface area (Å²) < 4.78 is 9.87. The molecule has 5 heteroatoms. The number of hydrogen-bond donors (Lipinski definition) is 1. The van der Waals surface area contributed by atoms with Gasteiger partial charge in [0.05, 0.1) is 19.8 Å². The lowest BCUT2D eigenvalue weighted by Crippen LogP contribution is -2.12. The lowest BCUT2D eigenvalue weighted by Gasteiger charge is -2.20. The standard InChI is InChI=1S/C16H18N2O3/c1-18(11-4-7-13(20-2)8-5-11)12-6-9-15(17)14(10-12)16(19)21-3/h4-10H,17H2,1-3H3. The zero-order valence-electron chi connectivity index (χ0n) is 12.3. The summed E-state index contributed by atoms with van der Waals surface area (Å²) in [6, 6.07) is 12.9. The van der Waals surface area contributed by atoms with E-state index >= 15 is 0 Å². The number of nitrogens with two attached hydrogens (primary N) is 1. The molecule has 0 heterocycles. The van der Waals surface area contributed by atoms with Gasteiger partial charge in [-0.2, -0.15) is 0 Å². The van der Waals surface area contributed by atoms with Gasteiger partial charge in [-0.05, 0) is 42.5 Å². The van der Waals surface area contributed by atoms with Gasteiger partial charge in [-0.1, -0.05) is 0 Å². The van der Waals surface area contributed by atoms with E-state index in [9.17, 15) is 4.79 Å². The van der Waals surface area contributed by atoms with Crippen molar-refractivity contribution in [3.05, 3.63) is 48.0 Å². The maximum Gasteiger partial charge on any atom is 0.340 e. The van der Waals surface area contributed by atoms with Crippen LogP contribution in [0.25, 0.3) is 0 Å². The third kappa shape index (κ3) is 3.08. The third-order valence-electron chi connectivity index (χ3n) is 3.29. The Bertz CT molecular complexity index is 638. The van der Waals surface area contributed by atoms with Crippen LogP contribution in [0.15, 0.2) is 42.5 Å². The van der Waals surface area contributed by atoms with Crippen LogP contribution in [-0.4, -0.2) is 27.2 Å². The monoisotopic (exact) mass is 286 g/mol. The number of methoxy groups -OCH3 is 2. The molecule has 0 aliphatic rings. The van der Waals surface area contributed by atoms with Crippen LogP contribution in [0, 0.1) is 0 Å². The first-order chi connectivity index (χ1) is 10.1. The predicted molar refractivity (Wildman–Crippen MR) is 83.3 cm³/mol. The second kappa shape index (κ2) is 6.17. The average molecular weight is 286 g/mol. The highest BCUT2D eigenvalue weighted by molar-refractivity contribution is 5.96. The minimum Gasteiger partial charge on any atom is -0.497 e. The molecule has 0 atom stereocenters. The molecule has 0 aliphatic heterocycles. The molecule has 0 aliphatic carbocycles.